The Morgan fingerprint density at radius 2 is 2.09 bits per heavy atom. The van der Waals surface area contributed by atoms with Gasteiger partial charge >= 0.3 is 0 Å². The lowest BCUT2D eigenvalue weighted by atomic mass is 10.1. The zero-order chi connectivity index (χ0) is 16.4. The molecule has 23 heavy (non-hydrogen) atoms. The summed E-state index contributed by atoms with van der Waals surface area (Å²) in [7, 11) is 0. The van der Waals surface area contributed by atoms with E-state index in [9.17, 15) is 4.79 Å². The van der Waals surface area contributed by atoms with Gasteiger partial charge in [-0.3, -0.25) is 4.79 Å². The molecule has 0 saturated heterocycles. The average Bonchev–Trinajstić information content (AvgIpc) is 2.95. The first-order valence-corrected chi connectivity index (χ1v) is 8.08. The maximum Gasteiger partial charge on any atom is 0.257 e. The van der Waals surface area contributed by atoms with Gasteiger partial charge < -0.3 is 9.32 Å². The summed E-state index contributed by atoms with van der Waals surface area (Å²) in [6.07, 6.45) is 5.78. The molecule has 1 aliphatic heterocycles. The number of hydrogen-bond acceptors (Lipinski definition) is 5. The van der Waals surface area contributed by atoms with Crippen LogP contribution in [0.25, 0.3) is 0 Å². The molecule has 0 unspecified atom stereocenters. The number of oxazole rings is 1. The Bertz CT molecular complexity index is 691. The van der Waals surface area contributed by atoms with E-state index >= 15 is 0 Å². The normalized spacial score (nSPS) is 14.2. The lowest BCUT2D eigenvalue weighted by Crippen LogP contribution is -2.36. The Kier molecular flexibility index (Phi) is 4.41. The molecule has 3 rings (SSSR count). The van der Waals surface area contributed by atoms with Crippen LogP contribution in [0.2, 0.25) is 0 Å². The summed E-state index contributed by atoms with van der Waals surface area (Å²) in [6.45, 7) is 7.31. The highest BCUT2D eigenvalue weighted by molar-refractivity contribution is 5.93. The lowest BCUT2D eigenvalue weighted by Gasteiger charge is -2.25. The molecule has 0 atom stereocenters. The van der Waals surface area contributed by atoms with E-state index in [2.05, 4.69) is 28.8 Å². The number of hydrogen-bond donors (Lipinski definition) is 0. The minimum Gasteiger partial charge on any atom is -0.445 e. The summed E-state index contributed by atoms with van der Waals surface area (Å²) in [4.78, 5) is 27.1. The second kappa shape index (κ2) is 6.48. The summed E-state index contributed by atoms with van der Waals surface area (Å²) < 4.78 is 5.83. The predicted molar refractivity (Wildman–Crippen MR) is 84.9 cm³/mol. The number of amides is 1. The number of fused-ring (bicyclic) bond motifs is 1. The van der Waals surface area contributed by atoms with Gasteiger partial charge in [-0.05, 0) is 19.3 Å². The van der Waals surface area contributed by atoms with Crippen LogP contribution in [0.1, 0.15) is 53.8 Å². The fraction of sp³-hybridized carbons (Fsp3) is 0.529. The lowest BCUT2D eigenvalue weighted by molar-refractivity contribution is 0.0727. The molecule has 1 amide bonds. The zero-order valence-corrected chi connectivity index (χ0v) is 13.9. The summed E-state index contributed by atoms with van der Waals surface area (Å²) in [6, 6.07) is 0. The Morgan fingerprint density at radius 1 is 1.35 bits per heavy atom. The monoisotopic (exact) mass is 314 g/mol. The molecule has 0 saturated carbocycles. The predicted octanol–water partition coefficient (Wildman–Crippen LogP) is 2.56. The van der Waals surface area contributed by atoms with Gasteiger partial charge in [0.25, 0.3) is 5.91 Å². The van der Waals surface area contributed by atoms with Crippen molar-refractivity contribution in [3.63, 3.8) is 0 Å². The summed E-state index contributed by atoms with van der Waals surface area (Å²) in [5, 5.41) is 0. The Hall–Kier alpha value is -2.24. The number of nitrogens with zero attached hydrogens (tertiary/aromatic N) is 4. The van der Waals surface area contributed by atoms with E-state index in [1.54, 1.807) is 24.2 Å². The third-order valence-electron chi connectivity index (χ3n) is 4.02. The first-order chi connectivity index (χ1) is 11.0. The molecular formula is C17H22N4O2. The van der Waals surface area contributed by atoms with Crippen LogP contribution in [-0.4, -0.2) is 32.3 Å². The molecule has 3 heterocycles. The van der Waals surface area contributed by atoms with E-state index in [1.165, 1.54) is 0 Å². The van der Waals surface area contributed by atoms with Crippen LogP contribution in [0.4, 0.5) is 0 Å². The first kappa shape index (κ1) is 15.6. The molecule has 6 heteroatoms. The Labute approximate surface area is 136 Å². The minimum absolute atomic E-state index is 0.0534. The SMILES string of the molecule is Cc1ncc(C(=O)N2CCc3oc(CCC(C)C)nc3C2)cn1. The van der Waals surface area contributed by atoms with Crippen molar-refractivity contribution in [3.05, 3.63) is 41.1 Å². The molecule has 122 valence electrons. The Morgan fingerprint density at radius 3 is 2.78 bits per heavy atom. The van der Waals surface area contributed by atoms with Crippen molar-refractivity contribution >= 4 is 5.91 Å². The number of aromatic nitrogens is 3. The molecule has 1 aliphatic rings. The van der Waals surface area contributed by atoms with E-state index in [-0.39, 0.29) is 5.91 Å². The maximum atomic E-state index is 12.5. The van der Waals surface area contributed by atoms with Crippen molar-refractivity contribution in [1.29, 1.82) is 0 Å². The van der Waals surface area contributed by atoms with Gasteiger partial charge in [0, 0.05) is 31.8 Å². The largest absolute Gasteiger partial charge is 0.445 e. The van der Waals surface area contributed by atoms with Gasteiger partial charge in [-0.15, -0.1) is 0 Å². The average molecular weight is 314 g/mol. The fourth-order valence-electron chi connectivity index (χ4n) is 2.63. The van der Waals surface area contributed by atoms with Crippen molar-refractivity contribution in [3.8, 4) is 0 Å². The number of carbonyl (C=O) groups excluding carboxylic acids is 1. The van der Waals surface area contributed by atoms with Crippen LogP contribution in [0.15, 0.2) is 16.8 Å². The second-order valence-corrected chi connectivity index (χ2v) is 6.41. The molecule has 6 nitrogen and oxygen atoms in total. The molecule has 0 fully saturated rings. The van der Waals surface area contributed by atoms with Gasteiger partial charge in [0.15, 0.2) is 5.89 Å². The molecule has 0 spiro atoms. The van der Waals surface area contributed by atoms with E-state index in [1.807, 2.05) is 0 Å². The molecule has 2 aromatic rings. The summed E-state index contributed by atoms with van der Waals surface area (Å²) in [5.74, 6) is 2.94. The van der Waals surface area contributed by atoms with Crippen LogP contribution >= 0.6 is 0 Å². The van der Waals surface area contributed by atoms with Gasteiger partial charge in [-0.2, -0.15) is 0 Å². The molecule has 2 aromatic heterocycles. The van der Waals surface area contributed by atoms with Gasteiger partial charge in [0.1, 0.15) is 17.3 Å². The van der Waals surface area contributed by atoms with Crippen LogP contribution < -0.4 is 0 Å². The zero-order valence-electron chi connectivity index (χ0n) is 13.9. The first-order valence-electron chi connectivity index (χ1n) is 8.08. The van der Waals surface area contributed by atoms with Crippen molar-refractivity contribution in [2.45, 2.75) is 46.6 Å². The topological polar surface area (TPSA) is 72.1 Å². The van der Waals surface area contributed by atoms with Crippen molar-refractivity contribution in [2.75, 3.05) is 6.54 Å². The highest BCUT2D eigenvalue weighted by Gasteiger charge is 2.26. The highest BCUT2D eigenvalue weighted by atomic mass is 16.4. The quantitative estimate of drug-likeness (QED) is 0.867. The Balaban J connectivity index is 1.69. The molecular weight excluding hydrogens is 292 g/mol. The fourth-order valence-corrected chi connectivity index (χ4v) is 2.63. The van der Waals surface area contributed by atoms with Gasteiger partial charge in [0.2, 0.25) is 0 Å². The van der Waals surface area contributed by atoms with Gasteiger partial charge in [-0.1, -0.05) is 13.8 Å². The molecule has 0 radical (unpaired) electrons. The third kappa shape index (κ3) is 3.57. The molecule has 0 bridgehead atoms. The van der Waals surface area contributed by atoms with E-state index < -0.39 is 0 Å². The number of aryl methyl sites for hydroxylation is 2. The van der Waals surface area contributed by atoms with Gasteiger partial charge in [0.05, 0.1) is 12.1 Å². The van der Waals surface area contributed by atoms with Crippen LogP contribution in [0.3, 0.4) is 0 Å². The minimum atomic E-state index is -0.0534. The van der Waals surface area contributed by atoms with Crippen molar-refractivity contribution in [1.82, 2.24) is 19.9 Å². The van der Waals surface area contributed by atoms with Crippen molar-refractivity contribution < 1.29 is 9.21 Å². The smallest absolute Gasteiger partial charge is 0.257 e. The van der Waals surface area contributed by atoms with Crippen LogP contribution in [-0.2, 0) is 19.4 Å². The summed E-state index contributed by atoms with van der Waals surface area (Å²) in [5.41, 5.74) is 1.40. The summed E-state index contributed by atoms with van der Waals surface area (Å²) >= 11 is 0. The van der Waals surface area contributed by atoms with E-state index in [4.69, 9.17) is 4.42 Å². The van der Waals surface area contributed by atoms with E-state index in [0.29, 0.717) is 36.8 Å². The number of carbonyl (C=O) groups is 1. The maximum absolute atomic E-state index is 12.5. The van der Waals surface area contributed by atoms with Crippen molar-refractivity contribution in [2.24, 2.45) is 5.92 Å². The molecule has 0 aliphatic carbocycles. The number of rotatable bonds is 4. The standard InChI is InChI=1S/C17H22N4O2/c1-11(2)4-5-16-20-14-10-21(7-6-15(14)23-16)17(22)13-8-18-12(3)19-9-13/h8-9,11H,4-7,10H2,1-3H3. The van der Waals surface area contributed by atoms with E-state index in [0.717, 1.165) is 30.2 Å². The molecule has 0 aromatic carbocycles. The van der Waals surface area contributed by atoms with Gasteiger partial charge in [-0.25, -0.2) is 15.0 Å². The van der Waals surface area contributed by atoms with Crippen LogP contribution in [0, 0.1) is 12.8 Å². The highest BCUT2D eigenvalue weighted by Crippen LogP contribution is 2.22. The second-order valence-electron chi connectivity index (χ2n) is 6.41. The van der Waals surface area contributed by atoms with Crippen LogP contribution in [0.5, 0.6) is 0 Å². The molecule has 0 N–H and O–H groups in total. The third-order valence-corrected chi connectivity index (χ3v) is 4.02.